The minimum absolute atomic E-state index is 0.778. The maximum absolute atomic E-state index is 8.19. The second kappa shape index (κ2) is 13.2. The smallest absolute Gasteiger partial charge is 0.0791 e. The van der Waals surface area contributed by atoms with E-state index in [1.54, 1.807) is 6.08 Å². The number of hydrogen-bond acceptors (Lipinski definition) is 3. The predicted octanol–water partition coefficient (Wildman–Crippen LogP) is 2.84. The van der Waals surface area contributed by atoms with Crippen LogP contribution in [0.15, 0.2) is 24.5 Å². The van der Waals surface area contributed by atoms with Gasteiger partial charge in [0.15, 0.2) is 0 Å². The molecule has 0 aromatic rings. The third-order valence-electron chi connectivity index (χ3n) is 1.80. The fourth-order valence-electron chi connectivity index (χ4n) is 0.986. The zero-order valence-electron chi connectivity index (χ0n) is 9.52. The van der Waals surface area contributed by atoms with Crippen molar-refractivity contribution in [1.82, 2.24) is 0 Å². The van der Waals surface area contributed by atoms with E-state index in [0.29, 0.717) is 0 Å². The van der Waals surface area contributed by atoms with E-state index in [9.17, 15) is 0 Å². The first-order chi connectivity index (χ1) is 7.41. The van der Waals surface area contributed by atoms with Crippen LogP contribution in [-0.4, -0.2) is 31.5 Å². The highest BCUT2D eigenvalue weighted by atomic mass is 16.6. The molecule has 0 saturated carbocycles. The Morgan fingerprint density at radius 3 is 2.07 bits per heavy atom. The van der Waals surface area contributed by atoms with E-state index in [1.807, 2.05) is 6.08 Å². The summed E-state index contributed by atoms with van der Waals surface area (Å²) in [6.07, 6.45) is 10.1. The van der Waals surface area contributed by atoms with Gasteiger partial charge >= 0.3 is 0 Å². The van der Waals surface area contributed by atoms with Crippen molar-refractivity contribution in [1.29, 1.82) is 0 Å². The van der Waals surface area contributed by atoms with Gasteiger partial charge in [0.05, 0.1) is 32.7 Å². The quantitative estimate of drug-likeness (QED) is 0.444. The first-order valence-corrected chi connectivity index (χ1v) is 5.53. The van der Waals surface area contributed by atoms with Gasteiger partial charge in [-0.1, -0.05) is 31.9 Å². The number of aliphatic hydroxyl groups excluding tert-OH is 1. The van der Waals surface area contributed by atoms with Gasteiger partial charge in [-0.2, -0.15) is 0 Å². The zero-order valence-corrected chi connectivity index (χ0v) is 9.52. The van der Waals surface area contributed by atoms with Crippen molar-refractivity contribution in [3.63, 3.8) is 0 Å². The lowest BCUT2D eigenvalue weighted by atomic mass is 10.2. The molecule has 1 saturated heterocycles. The Hall–Kier alpha value is -0.800. The summed E-state index contributed by atoms with van der Waals surface area (Å²) in [6.45, 7) is 5.27. The minimum Gasteiger partial charge on any atom is -0.516 e. The van der Waals surface area contributed by atoms with Crippen molar-refractivity contribution in [2.75, 3.05) is 26.4 Å². The lowest BCUT2D eigenvalue weighted by Gasteiger charge is -2.09. The molecule has 0 unspecified atom stereocenters. The van der Waals surface area contributed by atoms with Crippen LogP contribution < -0.4 is 0 Å². The SMILES string of the molecule is C1COCCO1.CCCCC=CC=CO. The van der Waals surface area contributed by atoms with E-state index in [1.165, 1.54) is 12.8 Å². The summed E-state index contributed by atoms with van der Waals surface area (Å²) in [5.74, 6) is 0. The molecule has 1 rings (SSSR count). The van der Waals surface area contributed by atoms with Crippen molar-refractivity contribution >= 4 is 0 Å². The number of allylic oxidation sites excluding steroid dienone is 3. The van der Waals surface area contributed by atoms with Crippen LogP contribution in [0.3, 0.4) is 0 Å². The Morgan fingerprint density at radius 1 is 1.07 bits per heavy atom. The largest absolute Gasteiger partial charge is 0.516 e. The van der Waals surface area contributed by atoms with Crippen molar-refractivity contribution in [2.24, 2.45) is 0 Å². The van der Waals surface area contributed by atoms with Crippen molar-refractivity contribution < 1.29 is 14.6 Å². The molecule has 0 radical (unpaired) electrons. The van der Waals surface area contributed by atoms with E-state index >= 15 is 0 Å². The molecule has 1 aliphatic rings. The van der Waals surface area contributed by atoms with Crippen LogP contribution in [0, 0.1) is 0 Å². The number of unbranched alkanes of at least 4 members (excludes halogenated alkanes) is 2. The Balaban J connectivity index is 0.000000280. The summed E-state index contributed by atoms with van der Waals surface area (Å²) in [5.41, 5.74) is 0. The van der Waals surface area contributed by atoms with E-state index in [-0.39, 0.29) is 0 Å². The maximum atomic E-state index is 8.19. The molecule has 88 valence electrons. The normalized spacial score (nSPS) is 16.6. The molecule has 3 nitrogen and oxygen atoms in total. The van der Waals surface area contributed by atoms with Crippen LogP contribution in [-0.2, 0) is 9.47 Å². The van der Waals surface area contributed by atoms with Crippen molar-refractivity contribution in [2.45, 2.75) is 26.2 Å². The van der Waals surface area contributed by atoms with Crippen LogP contribution in [0.5, 0.6) is 0 Å². The molecule has 1 heterocycles. The number of rotatable bonds is 4. The molecule has 1 N–H and O–H groups in total. The number of ether oxygens (including phenoxy) is 2. The van der Waals surface area contributed by atoms with E-state index in [2.05, 4.69) is 13.0 Å². The van der Waals surface area contributed by atoms with Crippen LogP contribution in [0.25, 0.3) is 0 Å². The monoisotopic (exact) mass is 214 g/mol. The third kappa shape index (κ3) is 13.2. The summed E-state index contributed by atoms with van der Waals surface area (Å²) in [6, 6.07) is 0. The lowest BCUT2D eigenvalue weighted by Crippen LogP contribution is -2.16. The molecular weight excluding hydrogens is 192 g/mol. The molecule has 0 aromatic carbocycles. The zero-order chi connectivity index (χ0) is 11.2. The van der Waals surface area contributed by atoms with Gasteiger partial charge in [-0.3, -0.25) is 0 Å². The van der Waals surface area contributed by atoms with Gasteiger partial charge in [-0.05, 0) is 12.5 Å². The molecule has 0 atom stereocenters. The molecule has 15 heavy (non-hydrogen) atoms. The molecular formula is C12H22O3. The Morgan fingerprint density at radius 2 is 1.67 bits per heavy atom. The van der Waals surface area contributed by atoms with Gasteiger partial charge in [0.1, 0.15) is 0 Å². The van der Waals surface area contributed by atoms with Crippen molar-refractivity contribution in [3.8, 4) is 0 Å². The lowest BCUT2D eigenvalue weighted by molar-refractivity contribution is -0.0334. The molecule has 3 heteroatoms. The van der Waals surface area contributed by atoms with Gasteiger partial charge < -0.3 is 14.6 Å². The van der Waals surface area contributed by atoms with Gasteiger partial charge in [-0.25, -0.2) is 0 Å². The summed E-state index contributed by atoms with van der Waals surface area (Å²) >= 11 is 0. The summed E-state index contributed by atoms with van der Waals surface area (Å²) in [7, 11) is 0. The standard InChI is InChI=1S/C8H14O.C4H8O2/c1-2-3-4-5-6-7-8-9;1-2-6-4-3-5-1/h5-9H,2-4H2,1H3;1-4H2. The van der Waals surface area contributed by atoms with Gasteiger partial charge in [-0.15, -0.1) is 0 Å². The highest BCUT2D eigenvalue weighted by Crippen LogP contribution is 1.94. The molecule has 1 fully saturated rings. The highest BCUT2D eigenvalue weighted by molar-refractivity contribution is 4.98. The van der Waals surface area contributed by atoms with Crippen molar-refractivity contribution in [3.05, 3.63) is 24.5 Å². The molecule has 0 spiro atoms. The van der Waals surface area contributed by atoms with E-state index in [0.717, 1.165) is 39.1 Å². The minimum atomic E-state index is 0.778. The predicted molar refractivity (Wildman–Crippen MR) is 62.1 cm³/mol. The second-order valence-corrected chi connectivity index (χ2v) is 3.14. The average molecular weight is 214 g/mol. The molecule has 0 bridgehead atoms. The molecule has 0 amide bonds. The fourth-order valence-corrected chi connectivity index (χ4v) is 0.986. The van der Waals surface area contributed by atoms with E-state index < -0.39 is 0 Å². The maximum Gasteiger partial charge on any atom is 0.0791 e. The average Bonchev–Trinajstić information content (AvgIpc) is 2.32. The molecule has 0 aliphatic carbocycles. The third-order valence-corrected chi connectivity index (χ3v) is 1.80. The highest BCUT2D eigenvalue weighted by Gasteiger charge is 1.94. The number of aliphatic hydroxyl groups is 1. The van der Waals surface area contributed by atoms with Gasteiger partial charge in [0, 0.05) is 0 Å². The Bertz CT molecular complexity index is 149. The van der Waals surface area contributed by atoms with Crippen LogP contribution >= 0.6 is 0 Å². The first kappa shape index (κ1) is 14.2. The Labute approximate surface area is 92.4 Å². The summed E-state index contributed by atoms with van der Waals surface area (Å²) in [5, 5.41) is 8.19. The fraction of sp³-hybridized carbons (Fsp3) is 0.667. The molecule has 0 aromatic heterocycles. The first-order valence-electron chi connectivity index (χ1n) is 5.53. The van der Waals surface area contributed by atoms with E-state index in [4.69, 9.17) is 14.6 Å². The van der Waals surface area contributed by atoms with Crippen LogP contribution in [0.4, 0.5) is 0 Å². The second-order valence-electron chi connectivity index (χ2n) is 3.14. The number of hydrogen-bond donors (Lipinski definition) is 1. The topological polar surface area (TPSA) is 38.7 Å². The van der Waals surface area contributed by atoms with Gasteiger partial charge in [0.25, 0.3) is 0 Å². The van der Waals surface area contributed by atoms with Crippen LogP contribution in [0.2, 0.25) is 0 Å². The summed E-state index contributed by atoms with van der Waals surface area (Å²) < 4.78 is 9.89. The summed E-state index contributed by atoms with van der Waals surface area (Å²) in [4.78, 5) is 0. The molecule has 1 aliphatic heterocycles. The van der Waals surface area contributed by atoms with Gasteiger partial charge in [0.2, 0.25) is 0 Å². The van der Waals surface area contributed by atoms with Crippen LogP contribution in [0.1, 0.15) is 26.2 Å². The Kier molecular flexibility index (Phi) is 12.5.